The minimum atomic E-state index is -1.09. The molecule has 1 unspecified atom stereocenters. The van der Waals surface area contributed by atoms with Gasteiger partial charge in [0.05, 0.1) is 11.7 Å². The average molecular weight is 314 g/mol. The van der Waals surface area contributed by atoms with E-state index in [2.05, 4.69) is 15.9 Å². The average Bonchev–Trinajstić information content (AvgIpc) is 2.71. The normalized spacial score (nSPS) is 23.1. The van der Waals surface area contributed by atoms with Gasteiger partial charge in [-0.05, 0) is 28.1 Å². The van der Waals surface area contributed by atoms with Gasteiger partial charge in [-0.1, -0.05) is 12.1 Å². The largest absolute Gasteiger partial charge is 0.480 e. The summed E-state index contributed by atoms with van der Waals surface area (Å²) >= 11 is 3.26. The molecule has 1 heterocycles. The number of amides is 1. The van der Waals surface area contributed by atoms with Crippen molar-refractivity contribution >= 4 is 27.8 Å². The lowest BCUT2D eigenvalue weighted by Crippen LogP contribution is -2.40. The van der Waals surface area contributed by atoms with Gasteiger partial charge in [0.15, 0.2) is 0 Å². The lowest BCUT2D eigenvalue weighted by molar-refractivity contribution is -0.141. The molecule has 2 rings (SSSR count). The molecule has 1 saturated heterocycles. The summed E-state index contributed by atoms with van der Waals surface area (Å²) in [6, 6.07) is 5.86. The van der Waals surface area contributed by atoms with E-state index in [-0.39, 0.29) is 18.9 Å². The molecule has 18 heavy (non-hydrogen) atoms. The monoisotopic (exact) mass is 313 g/mol. The summed E-state index contributed by atoms with van der Waals surface area (Å²) in [6.45, 7) is 0.0527. The third kappa shape index (κ3) is 2.39. The van der Waals surface area contributed by atoms with Crippen molar-refractivity contribution < 1.29 is 19.8 Å². The minimum absolute atomic E-state index is 0.0527. The number of carboxylic acid groups (broad SMARTS) is 1. The van der Waals surface area contributed by atoms with Crippen molar-refractivity contribution in [2.45, 2.75) is 18.6 Å². The van der Waals surface area contributed by atoms with Gasteiger partial charge in [-0.15, -0.1) is 0 Å². The van der Waals surface area contributed by atoms with Crippen LogP contribution in [0.3, 0.4) is 0 Å². The molecule has 0 aromatic heterocycles. The summed E-state index contributed by atoms with van der Waals surface area (Å²) in [6.07, 6.45) is -0.705. The number of nitrogens with zero attached hydrogens (tertiary/aromatic N) is 1. The maximum Gasteiger partial charge on any atom is 0.326 e. The summed E-state index contributed by atoms with van der Waals surface area (Å²) in [5.41, 5.74) is 0.401. The van der Waals surface area contributed by atoms with Crippen molar-refractivity contribution in [3.8, 4) is 0 Å². The molecule has 6 heteroatoms. The van der Waals surface area contributed by atoms with E-state index < -0.39 is 18.1 Å². The Bertz CT molecular complexity index is 491. The summed E-state index contributed by atoms with van der Waals surface area (Å²) in [4.78, 5) is 24.5. The van der Waals surface area contributed by atoms with E-state index in [1.807, 2.05) is 0 Å². The fourth-order valence-corrected chi connectivity index (χ4v) is 2.52. The molecule has 2 N–H and O–H groups in total. The lowest BCUT2D eigenvalue weighted by atomic mass is 10.1. The van der Waals surface area contributed by atoms with E-state index in [0.29, 0.717) is 10.0 Å². The number of benzene rings is 1. The van der Waals surface area contributed by atoms with Crippen LogP contribution in [0.4, 0.5) is 0 Å². The van der Waals surface area contributed by atoms with E-state index in [1.54, 1.807) is 24.3 Å². The second kappa shape index (κ2) is 5.07. The molecule has 0 spiro atoms. The van der Waals surface area contributed by atoms with Crippen LogP contribution in [-0.4, -0.2) is 45.7 Å². The molecule has 0 radical (unpaired) electrons. The highest BCUT2D eigenvalue weighted by atomic mass is 79.9. The van der Waals surface area contributed by atoms with Gasteiger partial charge in [0, 0.05) is 17.4 Å². The molecular weight excluding hydrogens is 302 g/mol. The Kier molecular flexibility index (Phi) is 3.68. The van der Waals surface area contributed by atoms with Crippen LogP contribution in [0.2, 0.25) is 0 Å². The Hall–Kier alpha value is -1.40. The Morgan fingerprint density at radius 2 is 2.00 bits per heavy atom. The third-order valence-electron chi connectivity index (χ3n) is 2.93. The number of hydrogen-bond acceptors (Lipinski definition) is 3. The summed E-state index contributed by atoms with van der Waals surface area (Å²) < 4.78 is 0.612. The molecule has 1 aliphatic rings. The number of likely N-dealkylation sites (tertiary alicyclic amines) is 1. The van der Waals surface area contributed by atoms with E-state index in [4.69, 9.17) is 5.11 Å². The second-order valence-corrected chi connectivity index (χ2v) is 5.04. The van der Waals surface area contributed by atoms with Crippen molar-refractivity contribution in [3.05, 3.63) is 34.3 Å². The Labute approximate surface area is 112 Å². The van der Waals surface area contributed by atoms with Crippen LogP contribution < -0.4 is 0 Å². The molecule has 0 aliphatic carbocycles. The molecule has 1 aliphatic heterocycles. The number of carbonyl (C=O) groups is 2. The number of aliphatic carboxylic acids is 1. The van der Waals surface area contributed by atoms with E-state index in [1.165, 1.54) is 4.90 Å². The van der Waals surface area contributed by atoms with Gasteiger partial charge in [-0.25, -0.2) is 4.79 Å². The Morgan fingerprint density at radius 3 is 2.61 bits per heavy atom. The number of β-amino-alcohol motifs (C(OH)–C–C–N with tert-alkyl or cyclic N) is 1. The van der Waals surface area contributed by atoms with E-state index in [0.717, 1.165) is 0 Å². The van der Waals surface area contributed by atoms with E-state index >= 15 is 0 Å². The summed E-state index contributed by atoms with van der Waals surface area (Å²) in [7, 11) is 0. The number of aliphatic hydroxyl groups excluding tert-OH is 1. The Morgan fingerprint density at radius 1 is 1.33 bits per heavy atom. The Balaban J connectivity index is 2.28. The quantitative estimate of drug-likeness (QED) is 0.857. The first-order valence-electron chi connectivity index (χ1n) is 5.47. The zero-order valence-corrected chi connectivity index (χ0v) is 11.0. The third-order valence-corrected chi connectivity index (χ3v) is 3.62. The molecule has 1 fully saturated rings. The van der Waals surface area contributed by atoms with Crippen LogP contribution in [0.1, 0.15) is 16.8 Å². The van der Waals surface area contributed by atoms with Crippen LogP contribution in [-0.2, 0) is 4.79 Å². The highest BCUT2D eigenvalue weighted by Crippen LogP contribution is 2.24. The molecule has 2 atom stereocenters. The smallest absolute Gasteiger partial charge is 0.326 e. The number of aliphatic hydroxyl groups is 1. The number of carboxylic acids is 1. The summed E-state index contributed by atoms with van der Waals surface area (Å²) in [5, 5.41) is 18.6. The highest BCUT2D eigenvalue weighted by molar-refractivity contribution is 9.10. The van der Waals surface area contributed by atoms with Crippen LogP contribution >= 0.6 is 15.9 Å². The summed E-state index contributed by atoms with van der Waals surface area (Å²) in [5.74, 6) is -1.47. The molecule has 1 aromatic rings. The molecule has 96 valence electrons. The fourth-order valence-electron chi connectivity index (χ4n) is 2.06. The fraction of sp³-hybridized carbons (Fsp3) is 0.333. The second-order valence-electron chi connectivity index (χ2n) is 4.18. The molecule has 5 nitrogen and oxygen atoms in total. The zero-order chi connectivity index (χ0) is 13.3. The van der Waals surface area contributed by atoms with Gasteiger partial charge in [-0.2, -0.15) is 0 Å². The maximum atomic E-state index is 12.2. The van der Waals surface area contributed by atoms with E-state index in [9.17, 15) is 14.7 Å². The number of carbonyl (C=O) groups excluding carboxylic acids is 1. The molecule has 0 bridgehead atoms. The van der Waals surface area contributed by atoms with Gasteiger partial charge >= 0.3 is 5.97 Å². The lowest BCUT2D eigenvalue weighted by Gasteiger charge is -2.21. The van der Waals surface area contributed by atoms with Crippen molar-refractivity contribution in [1.82, 2.24) is 4.90 Å². The van der Waals surface area contributed by atoms with Gasteiger partial charge in [0.2, 0.25) is 0 Å². The first-order valence-corrected chi connectivity index (χ1v) is 6.26. The van der Waals surface area contributed by atoms with Crippen molar-refractivity contribution in [1.29, 1.82) is 0 Å². The van der Waals surface area contributed by atoms with Crippen molar-refractivity contribution in [2.75, 3.05) is 6.54 Å². The van der Waals surface area contributed by atoms with Crippen molar-refractivity contribution in [3.63, 3.8) is 0 Å². The van der Waals surface area contributed by atoms with Crippen LogP contribution in [0.5, 0.6) is 0 Å². The van der Waals surface area contributed by atoms with Gasteiger partial charge in [-0.3, -0.25) is 4.79 Å². The van der Waals surface area contributed by atoms with Gasteiger partial charge < -0.3 is 15.1 Å². The van der Waals surface area contributed by atoms with Crippen molar-refractivity contribution in [2.24, 2.45) is 0 Å². The molecule has 1 aromatic carbocycles. The minimum Gasteiger partial charge on any atom is -0.480 e. The first-order chi connectivity index (χ1) is 8.50. The first kappa shape index (κ1) is 13.0. The zero-order valence-electron chi connectivity index (χ0n) is 9.41. The number of halogens is 1. The molecule has 1 amide bonds. The predicted octanol–water partition coefficient (Wildman–Crippen LogP) is 1.11. The molecular formula is C12H12BrNO4. The predicted molar refractivity (Wildman–Crippen MR) is 67.2 cm³/mol. The number of hydrogen-bond donors (Lipinski definition) is 2. The van der Waals surface area contributed by atoms with Crippen LogP contribution in [0.15, 0.2) is 28.7 Å². The molecule has 0 saturated carbocycles. The SMILES string of the molecule is O=C(O)[C@@H]1CC(O)CN1C(=O)c1ccccc1Br. The van der Waals surface area contributed by atoms with Gasteiger partial charge in [0.1, 0.15) is 6.04 Å². The number of rotatable bonds is 2. The van der Waals surface area contributed by atoms with Crippen LogP contribution in [0, 0.1) is 0 Å². The highest BCUT2D eigenvalue weighted by Gasteiger charge is 2.39. The van der Waals surface area contributed by atoms with Crippen LogP contribution in [0.25, 0.3) is 0 Å². The maximum absolute atomic E-state index is 12.2. The van der Waals surface area contributed by atoms with Gasteiger partial charge in [0.25, 0.3) is 5.91 Å². The standard InChI is InChI=1S/C12H12BrNO4/c13-9-4-2-1-3-8(9)11(16)14-6-7(15)5-10(14)12(17)18/h1-4,7,10,15H,5-6H2,(H,17,18)/t7?,10-/m0/s1. The topological polar surface area (TPSA) is 77.8 Å².